The molecule has 0 saturated carbocycles. The van der Waals surface area contributed by atoms with Crippen LogP contribution in [0.15, 0.2) is 6.20 Å². The first-order chi connectivity index (χ1) is 9.70. The van der Waals surface area contributed by atoms with E-state index in [2.05, 4.69) is 10.4 Å². The van der Waals surface area contributed by atoms with Crippen LogP contribution in [0.3, 0.4) is 0 Å². The molecule has 0 amide bonds. The maximum atomic E-state index is 11.7. The van der Waals surface area contributed by atoms with Crippen LogP contribution in [0.4, 0.5) is 0 Å². The van der Waals surface area contributed by atoms with E-state index < -0.39 is 0 Å². The summed E-state index contributed by atoms with van der Waals surface area (Å²) in [6, 6.07) is 0. The quantitative estimate of drug-likeness (QED) is 0.494. The second-order valence-corrected chi connectivity index (χ2v) is 4.13. The van der Waals surface area contributed by atoms with E-state index >= 15 is 0 Å². The SMILES string of the molecule is CCOC(=O)c1cnn(C)c1CNCCOCCOC. The first kappa shape index (κ1) is 16.6. The van der Waals surface area contributed by atoms with E-state index in [0.717, 1.165) is 5.69 Å². The normalized spacial score (nSPS) is 10.8. The molecule has 0 atom stereocenters. The van der Waals surface area contributed by atoms with Gasteiger partial charge in [0.1, 0.15) is 5.56 Å². The molecule has 0 fully saturated rings. The Morgan fingerprint density at radius 2 is 2.20 bits per heavy atom. The third-order valence-electron chi connectivity index (χ3n) is 2.70. The van der Waals surface area contributed by atoms with Gasteiger partial charge in [-0.25, -0.2) is 4.79 Å². The van der Waals surface area contributed by atoms with Crippen LogP contribution in [0.1, 0.15) is 23.0 Å². The fourth-order valence-corrected chi connectivity index (χ4v) is 1.65. The molecule has 0 aliphatic rings. The lowest BCUT2D eigenvalue weighted by Gasteiger charge is -2.08. The molecule has 0 unspecified atom stereocenters. The predicted octanol–water partition coefficient (Wildman–Crippen LogP) is 0.349. The smallest absolute Gasteiger partial charge is 0.341 e. The van der Waals surface area contributed by atoms with E-state index in [1.807, 2.05) is 0 Å². The minimum Gasteiger partial charge on any atom is -0.462 e. The standard InChI is InChI=1S/C13H23N3O4/c1-4-20-13(17)11-9-15-16(2)12(11)10-14-5-6-19-8-7-18-3/h9,14H,4-8,10H2,1-3H3. The molecule has 0 spiro atoms. The van der Waals surface area contributed by atoms with Gasteiger partial charge in [0.15, 0.2) is 0 Å². The molecule has 0 aliphatic heterocycles. The van der Waals surface area contributed by atoms with Crippen LogP contribution in [0.2, 0.25) is 0 Å². The van der Waals surface area contributed by atoms with Crippen LogP contribution in [0.5, 0.6) is 0 Å². The minimum absolute atomic E-state index is 0.339. The average molecular weight is 285 g/mol. The molecule has 20 heavy (non-hydrogen) atoms. The summed E-state index contributed by atoms with van der Waals surface area (Å²) in [6.07, 6.45) is 1.53. The molecule has 0 radical (unpaired) electrons. The molecule has 1 aromatic rings. The number of hydrogen-bond donors (Lipinski definition) is 1. The van der Waals surface area contributed by atoms with E-state index in [-0.39, 0.29) is 5.97 Å². The van der Waals surface area contributed by atoms with E-state index in [1.165, 1.54) is 6.20 Å². The van der Waals surface area contributed by atoms with Crippen molar-refractivity contribution >= 4 is 5.97 Å². The van der Waals surface area contributed by atoms with Crippen molar-refractivity contribution in [3.05, 3.63) is 17.5 Å². The van der Waals surface area contributed by atoms with Crippen molar-refractivity contribution in [3.63, 3.8) is 0 Å². The van der Waals surface area contributed by atoms with Crippen LogP contribution < -0.4 is 5.32 Å². The van der Waals surface area contributed by atoms with E-state index in [0.29, 0.717) is 45.1 Å². The van der Waals surface area contributed by atoms with Gasteiger partial charge in [-0.05, 0) is 6.92 Å². The molecular weight excluding hydrogens is 262 g/mol. The van der Waals surface area contributed by atoms with Gasteiger partial charge >= 0.3 is 5.97 Å². The number of esters is 1. The number of rotatable bonds is 10. The lowest BCUT2D eigenvalue weighted by atomic mass is 10.2. The average Bonchev–Trinajstić information content (AvgIpc) is 2.79. The Morgan fingerprint density at radius 1 is 1.40 bits per heavy atom. The second-order valence-electron chi connectivity index (χ2n) is 4.13. The molecule has 1 rings (SSSR count). The summed E-state index contributed by atoms with van der Waals surface area (Å²) >= 11 is 0. The van der Waals surface area contributed by atoms with Gasteiger partial charge in [-0.2, -0.15) is 5.10 Å². The zero-order chi connectivity index (χ0) is 14.8. The molecule has 1 N–H and O–H groups in total. The number of carbonyl (C=O) groups is 1. The Hall–Kier alpha value is -1.44. The summed E-state index contributed by atoms with van der Waals surface area (Å²) in [5.74, 6) is -0.339. The lowest BCUT2D eigenvalue weighted by molar-refractivity contribution is 0.0524. The summed E-state index contributed by atoms with van der Waals surface area (Å²) in [6.45, 7) is 5.13. The fourth-order valence-electron chi connectivity index (χ4n) is 1.65. The zero-order valence-electron chi connectivity index (χ0n) is 12.3. The molecule has 0 bridgehead atoms. The van der Waals surface area contributed by atoms with Crippen molar-refractivity contribution in [1.82, 2.24) is 15.1 Å². The van der Waals surface area contributed by atoms with Crippen LogP contribution >= 0.6 is 0 Å². The number of aromatic nitrogens is 2. The van der Waals surface area contributed by atoms with Gasteiger partial charge < -0.3 is 19.5 Å². The summed E-state index contributed by atoms with van der Waals surface area (Å²) < 4.78 is 16.9. The van der Waals surface area contributed by atoms with Crippen molar-refractivity contribution in [1.29, 1.82) is 0 Å². The van der Waals surface area contributed by atoms with Crippen molar-refractivity contribution in [3.8, 4) is 0 Å². The van der Waals surface area contributed by atoms with Gasteiger partial charge in [0.25, 0.3) is 0 Å². The Balaban J connectivity index is 2.36. The van der Waals surface area contributed by atoms with Gasteiger partial charge in [-0.3, -0.25) is 4.68 Å². The van der Waals surface area contributed by atoms with Crippen molar-refractivity contribution in [2.75, 3.05) is 40.1 Å². The zero-order valence-corrected chi connectivity index (χ0v) is 12.3. The second kappa shape index (κ2) is 9.46. The molecular formula is C13H23N3O4. The summed E-state index contributed by atoms with van der Waals surface area (Å²) in [5.41, 5.74) is 1.31. The molecule has 1 heterocycles. The highest BCUT2D eigenvalue weighted by atomic mass is 16.5. The Bertz CT molecular complexity index is 406. The number of hydrogen-bond acceptors (Lipinski definition) is 6. The maximum absolute atomic E-state index is 11.7. The molecule has 0 saturated heterocycles. The highest BCUT2D eigenvalue weighted by molar-refractivity contribution is 5.90. The molecule has 0 aliphatic carbocycles. The number of nitrogens with one attached hydrogen (secondary N) is 1. The van der Waals surface area contributed by atoms with Crippen molar-refractivity contribution in [2.24, 2.45) is 7.05 Å². The van der Waals surface area contributed by atoms with E-state index in [1.54, 1.807) is 25.8 Å². The van der Waals surface area contributed by atoms with Gasteiger partial charge in [0.05, 0.1) is 38.3 Å². The number of nitrogens with zero attached hydrogens (tertiary/aromatic N) is 2. The Kier molecular flexibility index (Phi) is 7.86. The Labute approximate surface area is 119 Å². The van der Waals surface area contributed by atoms with Gasteiger partial charge in [-0.15, -0.1) is 0 Å². The predicted molar refractivity (Wildman–Crippen MR) is 73.6 cm³/mol. The van der Waals surface area contributed by atoms with E-state index in [9.17, 15) is 4.79 Å². The fraction of sp³-hybridized carbons (Fsp3) is 0.692. The van der Waals surface area contributed by atoms with Gasteiger partial charge in [0, 0.05) is 27.2 Å². The minimum atomic E-state index is -0.339. The van der Waals surface area contributed by atoms with Crippen LogP contribution in [-0.2, 0) is 27.8 Å². The van der Waals surface area contributed by atoms with Crippen molar-refractivity contribution < 1.29 is 19.0 Å². The molecule has 7 nitrogen and oxygen atoms in total. The summed E-state index contributed by atoms with van der Waals surface area (Å²) in [4.78, 5) is 11.7. The number of carbonyl (C=O) groups excluding carboxylic acids is 1. The largest absolute Gasteiger partial charge is 0.462 e. The molecule has 1 aromatic heterocycles. The number of methoxy groups -OCH3 is 1. The Morgan fingerprint density at radius 3 is 2.90 bits per heavy atom. The van der Waals surface area contributed by atoms with Gasteiger partial charge in [0.2, 0.25) is 0 Å². The van der Waals surface area contributed by atoms with E-state index in [4.69, 9.17) is 14.2 Å². The van der Waals surface area contributed by atoms with Crippen molar-refractivity contribution in [2.45, 2.75) is 13.5 Å². The summed E-state index contributed by atoms with van der Waals surface area (Å²) in [7, 11) is 3.44. The third kappa shape index (κ3) is 5.28. The first-order valence-corrected chi connectivity index (χ1v) is 6.66. The maximum Gasteiger partial charge on any atom is 0.341 e. The van der Waals surface area contributed by atoms with Crippen LogP contribution in [0.25, 0.3) is 0 Å². The topological polar surface area (TPSA) is 74.6 Å². The highest BCUT2D eigenvalue weighted by Crippen LogP contribution is 2.09. The van der Waals surface area contributed by atoms with Crippen LogP contribution in [0, 0.1) is 0 Å². The highest BCUT2D eigenvalue weighted by Gasteiger charge is 2.16. The monoisotopic (exact) mass is 285 g/mol. The molecule has 114 valence electrons. The summed E-state index contributed by atoms with van der Waals surface area (Å²) in [5, 5.41) is 7.30. The van der Waals surface area contributed by atoms with Crippen LogP contribution in [-0.4, -0.2) is 55.8 Å². The van der Waals surface area contributed by atoms with Gasteiger partial charge in [-0.1, -0.05) is 0 Å². The third-order valence-corrected chi connectivity index (χ3v) is 2.70. The first-order valence-electron chi connectivity index (χ1n) is 6.66. The lowest BCUT2D eigenvalue weighted by Crippen LogP contribution is -2.23. The number of ether oxygens (including phenoxy) is 3. The molecule has 0 aromatic carbocycles. The number of aryl methyl sites for hydroxylation is 1. The molecule has 7 heteroatoms.